The molecule has 2 heteroatoms. The minimum atomic E-state index is -0.134. The number of hydrogen-bond donors (Lipinski definition) is 1. The molecular weight excluding hydrogens is 165 g/mol. The molecule has 0 aromatic heterocycles. The fourth-order valence-corrected chi connectivity index (χ4v) is 1.93. The molecule has 1 aromatic rings. The molecule has 1 heterocycles. The summed E-state index contributed by atoms with van der Waals surface area (Å²) in [5.74, 6) is -0.134. The second-order valence-corrected chi connectivity index (χ2v) is 4.00. The van der Waals surface area contributed by atoms with Crippen LogP contribution in [0.3, 0.4) is 0 Å². The van der Waals surface area contributed by atoms with Crippen LogP contribution in [0, 0.1) is 5.82 Å². The number of rotatable bonds is 1. The summed E-state index contributed by atoms with van der Waals surface area (Å²) in [6.45, 7) is 4.17. The molecule has 13 heavy (non-hydrogen) atoms. The van der Waals surface area contributed by atoms with E-state index >= 15 is 0 Å². The van der Waals surface area contributed by atoms with Gasteiger partial charge in [0.25, 0.3) is 0 Å². The maximum absolute atomic E-state index is 13.0. The van der Waals surface area contributed by atoms with Gasteiger partial charge in [-0.3, -0.25) is 0 Å². The van der Waals surface area contributed by atoms with Crippen molar-refractivity contribution >= 4 is 0 Å². The lowest BCUT2D eigenvalue weighted by Crippen LogP contribution is -2.24. The van der Waals surface area contributed by atoms with Crippen LogP contribution >= 0.6 is 0 Å². The van der Waals surface area contributed by atoms with Gasteiger partial charge in [0.1, 0.15) is 5.82 Å². The third-order valence-corrected chi connectivity index (χ3v) is 2.89. The summed E-state index contributed by atoms with van der Waals surface area (Å²) in [5, 5.41) is 3.31. The maximum Gasteiger partial charge on any atom is 0.123 e. The molecule has 1 saturated heterocycles. The summed E-state index contributed by atoms with van der Waals surface area (Å²) in [4.78, 5) is 0. The van der Waals surface area contributed by atoms with Crippen molar-refractivity contribution in [1.29, 1.82) is 0 Å². The minimum Gasteiger partial charge on any atom is -0.316 e. The van der Waals surface area contributed by atoms with Gasteiger partial charge in [-0.25, -0.2) is 4.39 Å². The molecule has 0 spiro atoms. The molecule has 0 saturated carbocycles. The van der Waals surface area contributed by atoms with Crippen molar-refractivity contribution in [3.63, 3.8) is 0 Å². The zero-order valence-electron chi connectivity index (χ0n) is 7.81. The van der Waals surface area contributed by atoms with E-state index in [0.29, 0.717) is 0 Å². The first-order chi connectivity index (χ1) is 6.21. The Bertz CT molecular complexity index is 303. The Morgan fingerprint density at radius 3 is 2.92 bits per heavy atom. The lowest BCUT2D eigenvalue weighted by molar-refractivity contribution is 0.518. The van der Waals surface area contributed by atoms with E-state index in [1.807, 2.05) is 6.07 Å². The van der Waals surface area contributed by atoms with Gasteiger partial charge < -0.3 is 5.32 Å². The Labute approximate surface area is 78.0 Å². The van der Waals surface area contributed by atoms with Crippen molar-refractivity contribution in [2.24, 2.45) is 0 Å². The molecule has 0 radical (unpaired) electrons. The summed E-state index contributed by atoms with van der Waals surface area (Å²) < 4.78 is 13.0. The number of nitrogens with one attached hydrogen (secondary N) is 1. The van der Waals surface area contributed by atoms with E-state index in [1.54, 1.807) is 12.1 Å². The highest BCUT2D eigenvalue weighted by Gasteiger charge is 2.30. The monoisotopic (exact) mass is 179 g/mol. The summed E-state index contributed by atoms with van der Waals surface area (Å²) in [5.41, 5.74) is 1.24. The van der Waals surface area contributed by atoms with Crippen LogP contribution in [-0.2, 0) is 5.41 Å². The molecular formula is C11H14FN. The van der Waals surface area contributed by atoms with Gasteiger partial charge in [-0.15, -0.1) is 0 Å². The predicted octanol–water partition coefficient (Wildman–Crippen LogP) is 2.08. The van der Waals surface area contributed by atoms with Gasteiger partial charge >= 0.3 is 0 Å². The Morgan fingerprint density at radius 1 is 1.46 bits per heavy atom. The second kappa shape index (κ2) is 3.11. The van der Waals surface area contributed by atoms with E-state index in [-0.39, 0.29) is 11.2 Å². The van der Waals surface area contributed by atoms with Crippen LogP contribution in [0.1, 0.15) is 18.9 Å². The average Bonchev–Trinajstić information content (AvgIpc) is 2.54. The van der Waals surface area contributed by atoms with Crippen LogP contribution in [-0.4, -0.2) is 13.1 Å². The first-order valence-electron chi connectivity index (χ1n) is 4.67. The van der Waals surface area contributed by atoms with Gasteiger partial charge in [-0.1, -0.05) is 19.1 Å². The molecule has 0 bridgehead atoms. The van der Waals surface area contributed by atoms with Gasteiger partial charge in [-0.2, -0.15) is 0 Å². The van der Waals surface area contributed by atoms with Crippen LogP contribution in [0.15, 0.2) is 24.3 Å². The molecule has 1 fully saturated rings. The van der Waals surface area contributed by atoms with Gasteiger partial charge in [0.15, 0.2) is 0 Å². The van der Waals surface area contributed by atoms with Gasteiger partial charge in [-0.05, 0) is 30.7 Å². The van der Waals surface area contributed by atoms with Crippen LogP contribution in [0.2, 0.25) is 0 Å². The average molecular weight is 179 g/mol. The molecule has 1 aromatic carbocycles. The van der Waals surface area contributed by atoms with E-state index in [2.05, 4.69) is 12.2 Å². The topological polar surface area (TPSA) is 12.0 Å². The van der Waals surface area contributed by atoms with Crippen molar-refractivity contribution < 1.29 is 4.39 Å². The zero-order chi connectivity index (χ0) is 9.31. The van der Waals surface area contributed by atoms with E-state index < -0.39 is 0 Å². The summed E-state index contributed by atoms with van der Waals surface area (Å²) in [7, 11) is 0. The highest BCUT2D eigenvalue weighted by atomic mass is 19.1. The highest BCUT2D eigenvalue weighted by molar-refractivity contribution is 5.27. The SMILES string of the molecule is CC1(c2cccc(F)c2)CCNC1. The number of benzene rings is 1. The molecule has 1 nitrogen and oxygen atoms in total. The van der Waals surface area contributed by atoms with Crippen LogP contribution in [0.4, 0.5) is 4.39 Å². The fourth-order valence-electron chi connectivity index (χ4n) is 1.93. The maximum atomic E-state index is 13.0. The van der Waals surface area contributed by atoms with E-state index in [0.717, 1.165) is 25.1 Å². The molecule has 0 aliphatic carbocycles. The standard InChI is InChI=1S/C11H14FN/c1-11(5-6-13-8-11)9-3-2-4-10(12)7-9/h2-4,7,13H,5-6,8H2,1H3. The predicted molar refractivity (Wildman–Crippen MR) is 51.2 cm³/mol. The second-order valence-electron chi connectivity index (χ2n) is 4.00. The van der Waals surface area contributed by atoms with Crippen LogP contribution in [0.5, 0.6) is 0 Å². The van der Waals surface area contributed by atoms with Crippen molar-refractivity contribution in [2.45, 2.75) is 18.8 Å². The van der Waals surface area contributed by atoms with Crippen LogP contribution < -0.4 is 5.32 Å². The summed E-state index contributed by atoms with van der Waals surface area (Å²) in [6.07, 6.45) is 1.09. The molecule has 1 aliphatic rings. The van der Waals surface area contributed by atoms with E-state index in [4.69, 9.17) is 0 Å². The quantitative estimate of drug-likeness (QED) is 0.696. The Morgan fingerprint density at radius 2 is 2.31 bits per heavy atom. The molecule has 0 amide bonds. The third-order valence-electron chi connectivity index (χ3n) is 2.89. The fraction of sp³-hybridized carbons (Fsp3) is 0.455. The molecule has 70 valence electrons. The molecule has 1 atom stereocenters. The lowest BCUT2D eigenvalue weighted by Gasteiger charge is -2.22. The number of hydrogen-bond acceptors (Lipinski definition) is 1. The minimum absolute atomic E-state index is 0.127. The molecule has 1 N–H and O–H groups in total. The Kier molecular flexibility index (Phi) is 2.08. The third kappa shape index (κ3) is 1.59. The molecule has 1 aliphatic heterocycles. The van der Waals surface area contributed by atoms with Crippen molar-refractivity contribution in [3.05, 3.63) is 35.6 Å². The zero-order valence-corrected chi connectivity index (χ0v) is 7.81. The largest absolute Gasteiger partial charge is 0.316 e. The molecule has 2 rings (SSSR count). The number of halogens is 1. The Balaban J connectivity index is 2.33. The van der Waals surface area contributed by atoms with Crippen molar-refractivity contribution in [3.8, 4) is 0 Å². The lowest BCUT2D eigenvalue weighted by atomic mass is 9.82. The first-order valence-corrected chi connectivity index (χ1v) is 4.67. The van der Waals surface area contributed by atoms with Crippen molar-refractivity contribution in [2.75, 3.05) is 13.1 Å². The van der Waals surface area contributed by atoms with Gasteiger partial charge in [0.05, 0.1) is 0 Å². The highest BCUT2D eigenvalue weighted by Crippen LogP contribution is 2.29. The van der Waals surface area contributed by atoms with Crippen LogP contribution in [0.25, 0.3) is 0 Å². The van der Waals surface area contributed by atoms with E-state index in [1.165, 1.54) is 6.07 Å². The molecule has 1 unspecified atom stereocenters. The Hall–Kier alpha value is -0.890. The van der Waals surface area contributed by atoms with Crippen molar-refractivity contribution in [1.82, 2.24) is 5.32 Å². The first kappa shape index (κ1) is 8.70. The van der Waals surface area contributed by atoms with Gasteiger partial charge in [0, 0.05) is 12.0 Å². The normalized spacial score (nSPS) is 27.8. The summed E-state index contributed by atoms with van der Waals surface area (Å²) in [6, 6.07) is 6.94. The smallest absolute Gasteiger partial charge is 0.123 e. The summed E-state index contributed by atoms with van der Waals surface area (Å²) >= 11 is 0. The van der Waals surface area contributed by atoms with E-state index in [9.17, 15) is 4.39 Å². The van der Waals surface area contributed by atoms with Gasteiger partial charge in [0.2, 0.25) is 0 Å².